The maximum absolute atomic E-state index is 6.36. The van der Waals surface area contributed by atoms with Crippen molar-refractivity contribution in [2.24, 2.45) is 0 Å². The first-order chi connectivity index (χ1) is 25.2. The molecule has 0 atom stereocenters. The molecule has 0 saturated carbocycles. The first-order valence-electron chi connectivity index (χ1n) is 16.2. The lowest BCUT2D eigenvalue weighted by Crippen LogP contribution is -2.17. The Morgan fingerprint density at radius 1 is 0.490 bits per heavy atom. The topological polar surface area (TPSA) is 112 Å². The third-order valence-corrected chi connectivity index (χ3v) is 8.00. The van der Waals surface area contributed by atoms with Gasteiger partial charge in [-0.25, -0.2) is 15.0 Å². The molecule has 4 aromatic heterocycles. The van der Waals surface area contributed by atoms with E-state index in [4.69, 9.17) is 33.4 Å². The van der Waals surface area contributed by atoms with Gasteiger partial charge in [-0.05, 0) is 60.7 Å². The number of fused-ring (bicyclic) bond motifs is 4. The Labute approximate surface area is 291 Å². The van der Waals surface area contributed by atoms with E-state index in [0.717, 1.165) is 21.8 Å². The molecule has 1 aliphatic rings. The lowest BCUT2D eigenvalue weighted by Gasteiger charge is -2.17. The molecular weight excluding hydrogens is 646 g/mol. The van der Waals surface area contributed by atoms with Crippen LogP contribution in [0.5, 0.6) is 57.9 Å². The molecule has 11 heteroatoms. The Hall–Kier alpha value is -7.14. The maximum atomic E-state index is 6.36. The van der Waals surface area contributed by atoms with Crippen LogP contribution in [0.3, 0.4) is 0 Å². The van der Waals surface area contributed by atoms with Crippen molar-refractivity contribution >= 4 is 21.8 Å². The Bertz CT molecular complexity index is 2360. The second-order valence-electron chi connectivity index (χ2n) is 11.4. The molecule has 0 fully saturated rings. The minimum absolute atomic E-state index is 0.385. The van der Waals surface area contributed by atoms with Crippen LogP contribution in [0.15, 0.2) is 140 Å². The molecule has 0 bridgehead atoms. The van der Waals surface area contributed by atoms with E-state index >= 15 is 0 Å². The molecule has 8 aromatic rings. The number of nitrogens with zero attached hydrogens (tertiary/aromatic N) is 5. The first kappa shape index (κ1) is 30.0. The molecule has 248 valence electrons. The fourth-order valence-electron chi connectivity index (χ4n) is 5.80. The summed E-state index contributed by atoms with van der Waals surface area (Å²) in [6.45, 7) is 0.841. The van der Waals surface area contributed by atoms with Gasteiger partial charge in [-0.3, -0.25) is 4.57 Å². The molecule has 0 amide bonds. The summed E-state index contributed by atoms with van der Waals surface area (Å²) in [7, 11) is 0. The summed E-state index contributed by atoms with van der Waals surface area (Å²) < 4.78 is 38.1. The molecule has 0 unspecified atom stereocenters. The summed E-state index contributed by atoms with van der Waals surface area (Å²) in [6.07, 6.45) is 5.00. The Balaban J connectivity index is 1.09. The smallest absolute Gasteiger partial charge is 0.262 e. The second kappa shape index (κ2) is 13.1. The molecule has 4 aromatic carbocycles. The van der Waals surface area contributed by atoms with E-state index in [1.54, 1.807) is 30.7 Å². The van der Waals surface area contributed by atoms with Crippen molar-refractivity contribution in [3.63, 3.8) is 0 Å². The number of pyridine rings is 2. The molecule has 9 rings (SSSR count). The van der Waals surface area contributed by atoms with Crippen molar-refractivity contribution in [1.82, 2.24) is 24.5 Å². The summed E-state index contributed by atoms with van der Waals surface area (Å²) in [5.41, 5.74) is 1.64. The molecule has 5 heterocycles. The van der Waals surface area contributed by atoms with Gasteiger partial charge in [0, 0.05) is 59.6 Å². The van der Waals surface area contributed by atoms with Crippen LogP contribution in [-0.2, 0) is 0 Å². The standard InChI is InChI=1S/C40H27N5O6/c1-3-17-41-37(11-1)50-28-9-5-7-26(21-28)48-30-13-15-32-33-16-14-31(49-27-8-6-10-29(22-27)51-38-12-2-4-18-42-38)24-35(33)45(34(32)23-30)40-43-25-36-39(44-40)47-20-19-46-36/h1-18,21-25H,19-20H2. The van der Waals surface area contributed by atoms with Gasteiger partial charge in [0.15, 0.2) is 5.75 Å². The zero-order chi connectivity index (χ0) is 34.0. The quantitative estimate of drug-likeness (QED) is 0.147. The van der Waals surface area contributed by atoms with Crippen LogP contribution >= 0.6 is 0 Å². The predicted molar refractivity (Wildman–Crippen MR) is 189 cm³/mol. The van der Waals surface area contributed by atoms with Gasteiger partial charge in [0.2, 0.25) is 17.7 Å². The lowest BCUT2D eigenvalue weighted by molar-refractivity contribution is 0.163. The van der Waals surface area contributed by atoms with Gasteiger partial charge in [0.25, 0.3) is 5.88 Å². The van der Waals surface area contributed by atoms with E-state index in [9.17, 15) is 0 Å². The van der Waals surface area contributed by atoms with Crippen molar-refractivity contribution in [2.45, 2.75) is 0 Å². The summed E-state index contributed by atoms with van der Waals surface area (Å²) in [5, 5.41) is 1.95. The number of ether oxygens (including phenoxy) is 6. The fourth-order valence-corrected chi connectivity index (χ4v) is 5.80. The van der Waals surface area contributed by atoms with Crippen molar-refractivity contribution in [2.75, 3.05) is 13.2 Å². The van der Waals surface area contributed by atoms with Crippen molar-refractivity contribution < 1.29 is 28.4 Å². The minimum Gasteiger partial charge on any atom is -0.483 e. The van der Waals surface area contributed by atoms with Gasteiger partial charge in [-0.2, -0.15) is 4.98 Å². The number of aromatic nitrogens is 5. The zero-order valence-electron chi connectivity index (χ0n) is 26.9. The van der Waals surface area contributed by atoms with Crippen LogP contribution in [0, 0.1) is 0 Å². The lowest BCUT2D eigenvalue weighted by atomic mass is 10.1. The Morgan fingerprint density at radius 2 is 1.02 bits per heavy atom. The van der Waals surface area contributed by atoms with E-state index in [0.29, 0.717) is 77.0 Å². The third kappa shape index (κ3) is 6.27. The predicted octanol–water partition coefficient (Wildman–Crippen LogP) is 9.30. The summed E-state index contributed by atoms with van der Waals surface area (Å²) >= 11 is 0. The summed E-state index contributed by atoms with van der Waals surface area (Å²) in [4.78, 5) is 17.9. The number of benzene rings is 4. The van der Waals surface area contributed by atoms with Gasteiger partial charge < -0.3 is 28.4 Å². The summed E-state index contributed by atoms with van der Waals surface area (Å²) in [5.74, 6) is 5.92. The maximum Gasteiger partial charge on any atom is 0.262 e. The SMILES string of the molecule is c1ccc(Oc2cccc(Oc3ccc4c5ccc(Oc6cccc(Oc7ccccn7)c6)cc5n(-c5ncc6c(n5)OCCO6)c4c3)c2)nc1. The van der Waals surface area contributed by atoms with Crippen LogP contribution in [0.25, 0.3) is 27.8 Å². The minimum atomic E-state index is 0.385. The fraction of sp³-hybridized carbons (Fsp3) is 0.0500. The average Bonchev–Trinajstić information content (AvgIpc) is 3.48. The summed E-state index contributed by atoms with van der Waals surface area (Å²) in [6, 6.07) is 37.7. The monoisotopic (exact) mass is 673 g/mol. The number of rotatable bonds is 9. The van der Waals surface area contributed by atoms with Crippen LogP contribution in [0.4, 0.5) is 0 Å². The highest BCUT2D eigenvalue weighted by Gasteiger charge is 2.20. The molecule has 0 saturated heterocycles. The van der Waals surface area contributed by atoms with E-state index in [1.807, 2.05) is 114 Å². The van der Waals surface area contributed by atoms with Crippen LogP contribution in [0.2, 0.25) is 0 Å². The van der Waals surface area contributed by atoms with Crippen LogP contribution in [-0.4, -0.2) is 37.7 Å². The Morgan fingerprint density at radius 3 is 1.57 bits per heavy atom. The van der Waals surface area contributed by atoms with Crippen molar-refractivity contribution in [1.29, 1.82) is 0 Å². The average molecular weight is 674 g/mol. The van der Waals surface area contributed by atoms with E-state index in [-0.39, 0.29) is 0 Å². The molecule has 1 aliphatic heterocycles. The number of hydrogen-bond acceptors (Lipinski definition) is 10. The molecule has 0 spiro atoms. The normalized spacial score (nSPS) is 12.1. The largest absolute Gasteiger partial charge is 0.483 e. The van der Waals surface area contributed by atoms with Gasteiger partial charge in [0.05, 0.1) is 17.2 Å². The van der Waals surface area contributed by atoms with Crippen molar-refractivity contribution in [3.05, 3.63) is 140 Å². The highest BCUT2D eigenvalue weighted by Crippen LogP contribution is 2.39. The molecule has 0 N–H and O–H groups in total. The first-order valence-corrected chi connectivity index (χ1v) is 16.2. The Kier molecular flexibility index (Phi) is 7.67. The molecule has 0 aliphatic carbocycles. The van der Waals surface area contributed by atoms with Gasteiger partial charge in [-0.1, -0.05) is 24.3 Å². The van der Waals surface area contributed by atoms with Gasteiger partial charge in [-0.15, -0.1) is 0 Å². The van der Waals surface area contributed by atoms with E-state index in [1.165, 1.54) is 0 Å². The molecule has 11 nitrogen and oxygen atoms in total. The van der Waals surface area contributed by atoms with Crippen LogP contribution in [0.1, 0.15) is 0 Å². The zero-order valence-corrected chi connectivity index (χ0v) is 26.9. The third-order valence-electron chi connectivity index (χ3n) is 8.00. The van der Waals surface area contributed by atoms with Gasteiger partial charge in [0.1, 0.15) is 47.7 Å². The molecule has 51 heavy (non-hydrogen) atoms. The van der Waals surface area contributed by atoms with Gasteiger partial charge >= 0.3 is 0 Å². The van der Waals surface area contributed by atoms with Crippen LogP contribution < -0.4 is 28.4 Å². The van der Waals surface area contributed by atoms with E-state index < -0.39 is 0 Å². The molecule has 0 radical (unpaired) electrons. The second-order valence-corrected chi connectivity index (χ2v) is 11.4. The highest BCUT2D eigenvalue weighted by molar-refractivity contribution is 6.09. The highest BCUT2D eigenvalue weighted by atomic mass is 16.6. The van der Waals surface area contributed by atoms with Crippen molar-refractivity contribution in [3.8, 4) is 63.8 Å². The molecular formula is C40H27N5O6. The number of hydrogen-bond donors (Lipinski definition) is 0. The van der Waals surface area contributed by atoms with E-state index in [2.05, 4.69) is 15.0 Å².